The molecular weight excluding hydrogens is 266 g/mol. The summed E-state index contributed by atoms with van der Waals surface area (Å²) in [5, 5.41) is 7.84. The molecule has 1 aromatic carbocycles. The predicted molar refractivity (Wildman–Crippen MR) is 80.7 cm³/mol. The van der Waals surface area contributed by atoms with Gasteiger partial charge in [-0.2, -0.15) is 0 Å². The third-order valence-corrected chi connectivity index (χ3v) is 3.41. The number of nitrogen functional groups attached to an aromatic ring is 1. The average molecular weight is 283 g/mol. The van der Waals surface area contributed by atoms with Crippen molar-refractivity contribution in [2.75, 3.05) is 12.3 Å². The first-order valence-electron chi connectivity index (χ1n) is 6.87. The highest BCUT2D eigenvalue weighted by Gasteiger charge is 2.08. The van der Waals surface area contributed by atoms with Crippen LogP contribution >= 0.6 is 0 Å². The largest absolute Gasteiger partial charge is 0.374 e. The van der Waals surface area contributed by atoms with Gasteiger partial charge in [-0.15, -0.1) is 10.2 Å². The van der Waals surface area contributed by atoms with Crippen LogP contribution in [0.5, 0.6) is 0 Å². The van der Waals surface area contributed by atoms with E-state index in [1.165, 1.54) is 0 Å². The zero-order chi connectivity index (χ0) is 14.8. The Morgan fingerprint density at radius 3 is 2.76 bits per heavy atom. The Bertz CT molecular complexity index is 750. The Labute approximate surface area is 122 Å². The third-order valence-electron chi connectivity index (χ3n) is 3.41. The second-order valence-electron chi connectivity index (χ2n) is 4.78. The van der Waals surface area contributed by atoms with Gasteiger partial charge in [0.05, 0.1) is 11.8 Å². The molecular formula is C15H17N5O. The predicted octanol–water partition coefficient (Wildman–Crippen LogP) is 2.47. The fourth-order valence-electron chi connectivity index (χ4n) is 2.27. The van der Waals surface area contributed by atoms with Gasteiger partial charge in [-0.05, 0) is 19.4 Å². The van der Waals surface area contributed by atoms with E-state index >= 15 is 0 Å². The molecule has 6 heteroatoms. The van der Waals surface area contributed by atoms with Crippen LogP contribution in [0, 0.1) is 0 Å². The minimum absolute atomic E-state index is 0.0843. The fraction of sp³-hybridized carbons (Fsp3) is 0.267. The van der Waals surface area contributed by atoms with Crippen LogP contribution in [0.15, 0.2) is 36.7 Å². The van der Waals surface area contributed by atoms with Crippen LogP contribution in [0.2, 0.25) is 0 Å². The molecule has 2 heterocycles. The minimum Gasteiger partial charge on any atom is -0.374 e. The number of nitrogens with two attached hydrogens (primary N) is 1. The van der Waals surface area contributed by atoms with Crippen LogP contribution in [-0.2, 0) is 4.74 Å². The summed E-state index contributed by atoms with van der Waals surface area (Å²) >= 11 is 0. The maximum absolute atomic E-state index is 5.91. The number of hydrogen-bond donors (Lipinski definition) is 1. The zero-order valence-corrected chi connectivity index (χ0v) is 12.0. The van der Waals surface area contributed by atoms with Crippen molar-refractivity contribution in [3.8, 4) is 11.3 Å². The monoisotopic (exact) mass is 283 g/mol. The van der Waals surface area contributed by atoms with E-state index in [-0.39, 0.29) is 6.10 Å². The summed E-state index contributed by atoms with van der Waals surface area (Å²) in [7, 11) is 0. The van der Waals surface area contributed by atoms with Crippen LogP contribution in [0.25, 0.3) is 16.9 Å². The quantitative estimate of drug-likeness (QED) is 0.795. The number of hydrogen-bond acceptors (Lipinski definition) is 5. The summed E-state index contributed by atoms with van der Waals surface area (Å²) in [4.78, 5) is 4.38. The molecule has 108 valence electrons. The molecule has 3 aromatic rings. The lowest BCUT2D eigenvalue weighted by Gasteiger charge is -2.12. The Hall–Kier alpha value is -2.47. The van der Waals surface area contributed by atoms with Crippen molar-refractivity contribution >= 4 is 11.6 Å². The van der Waals surface area contributed by atoms with Crippen LogP contribution < -0.4 is 5.73 Å². The molecule has 0 fully saturated rings. The Morgan fingerprint density at radius 1 is 1.29 bits per heavy atom. The molecule has 0 saturated carbocycles. The van der Waals surface area contributed by atoms with E-state index in [0.717, 1.165) is 16.8 Å². The van der Waals surface area contributed by atoms with Crippen molar-refractivity contribution in [1.29, 1.82) is 0 Å². The first kappa shape index (κ1) is 13.5. The molecule has 0 radical (unpaired) electrons. The van der Waals surface area contributed by atoms with Crippen LogP contribution in [0.1, 0.15) is 25.5 Å². The molecule has 21 heavy (non-hydrogen) atoms. The molecule has 0 aliphatic rings. The lowest BCUT2D eigenvalue weighted by molar-refractivity contribution is 0.0764. The van der Waals surface area contributed by atoms with Crippen molar-refractivity contribution in [2.45, 2.75) is 20.0 Å². The summed E-state index contributed by atoms with van der Waals surface area (Å²) in [5.41, 5.74) is 9.50. The second kappa shape index (κ2) is 5.49. The van der Waals surface area contributed by atoms with E-state index in [1.807, 2.05) is 44.2 Å². The highest BCUT2D eigenvalue weighted by molar-refractivity contribution is 5.65. The molecule has 0 amide bonds. The van der Waals surface area contributed by atoms with Gasteiger partial charge >= 0.3 is 0 Å². The van der Waals surface area contributed by atoms with Gasteiger partial charge in [0.2, 0.25) is 5.95 Å². The van der Waals surface area contributed by atoms with E-state index in [4.69, 9.17) is 10.5 Å². The van der Waals surface area contributed by atoms with Crippen LogP contribution in [0.3, 0.4) is 0 Å². The minimum atomic E-state index is 0.0843. The van der Waals surface area contributed by atoms with Crippen molar-refractivity contribution in [2.24, 2.45) is 0 Å². The van der Waals surface area contributed by atoms with E-state index in [1.54, 1.807) is 10.7 Å². The molecule has 0 aliphatic heterocycles. The Morgan fingerprint density at radius 2 is 2.05 bits per heavy atom. The number of rotatable bonds is 4. The molecule has 2 N–H and O–H groups in total. The van der Waals surface area contributed by atoms with Gasteiger partial charge in [-0.1, -0.05) is 24.3 Å². The number of anilines is 1. The topological polar surface area (TPSA) is 78.3 Å². The van der Waals surface area contributed by atoms with Gasteiger partial charge in [0.25, 0.3) is 0 Å². The standard InChI is InChI=1S/C15H17N5O/c1-3-21-10(2)11-4-6-12(7-5-11)13-8-14-19-17-9-20(14)15(16)18-13/h4-10H,3H2,1-2H3,(H2,16,18). The van der Waals surface area contributed by atoms with Crippen LogP contribution in [-0.4, -0.2) is 26.2 Å². The molecule has 0 aliphatic carbocycles. The molecule has 1 unspecified atom stereocenters. The van der Waals surface area contributed by atoms with Crippen molar-refractivity contribution in [3.05, 3.63) is 42.2 Å². The third kappa shape index (κ3) is 2.57. The normalized spacial score (nSPS) is 12.7. The van der Waals surface area contributed by atoms with Gasteiger partial charge in [0.1, 0.15) is 6.33 Å². The van der Waals surface area contributed by atoms with E-state index in [0.29, 0.717) is 18.2 Å². The van der Waals surface area contributed by atoms with Crippen LogP contribution in [0.4, 0.5) is 5.95 Å². The number of aromatic nitrogens is 4. The number of benzene rings is 1. The first-order chi connectivity index (χ1) is 10.2. The maximum Gasteiger partial charge on any atom is 0.207 e. The number of ether oxygens (including phenoxy) is 1. The van der Waals surface area contributed by atoms with Crippen molar-refractivity contribution in [3.63, 3.8) is 0 Å². The van der Waals surface area contributed by atoms with E-state index < -0.39 is 0 Å². The van der Waals surface area contributed by atoms with E-state index in [9.17, 15) is 0 Å². The highest BCUT2D eigenvalue weighted by Crippen LogP contribution is 2.23. The molecule has 2 aromatic heterocycles. The molecule has 6 nitrogen and oxygen atoms in total. The molecule has 0 spiro atoms. The zero-order valence-electron chi connectivity index (χ0n) is 12.0. The Kier molecular flexibility index (Phi) is 3.53. The number of nitrogens with zero attached hydrogens (tertiary/aromatic N) is 4. The molecule has 1 atom stereocenters. The van der Waals surface area contributed by atoms with Gasteiger partial charge in [0.15, 0.2) is 5.65 Å². The maximum atomic E-state index is 5.91. The lowest BCUT2D eigenvalue weighted by atomic mass is 10.1. The van der Waals surface area contributed by atoms with Crippen molar-refractivity contribution in [1.82, 2.24) is 19.6 Å². The van der Waals surface area contributed by atoms with Gasteiger partial charge in [0, 0.05) is 18.2 Å². The summed E-state index contributed by atoms with van der Waals surface area (Å²) in [6, 6.07) is 9.98. The molecule has 0 bridgehead atoms. The summed E-state index contributed by atoms with van der Waals surface area (Å²) in [6.07, 6.45) is 1.63. The van der Waals surface area contributed by atoms with Crippen molar-refractivity contribution < 1.29 is 4.74 Å². The van der Waals surface area contributed by atoms with Gasteiger partial charge in [-0.3, -0.25) is 4.40 Å². The van der Waals surface area contributed by atoms with Gasteiger partial charge < -0.3 is 10.5 Å². The number of fused-ring (bicyclic) bond motifs is 1. The lowest BCUT2D eigenvalue weighted by Crippen LogP contribution is -2.01. The summed E-state index contributed by atoms with van der Waals surface area (Å²) in [6.45, 7) is 4.73. The summed E-state index contributed by atoms with van der Waals surface area (Å²) < 4.78 is 7.23. The highest BCUT2D eigenvalue weighted by atomic mass is 16.5. The van der Waals surface area contributed by atoms with E-state index in [2.05, 4.69) is 15.2 Å². The fourth-order valence-corrected chi connectivity index (χ4v) is 2.27. The average Bonchev–Trinajstić information content (AvgIpc) is 2.97. The Balaban J connectivity index is 1.95. The smallest absolute Gasteiger partial charge is 0.207 e. The molecule has 3 rings (SSSR count). The molecule has 0 saturated heterocycles. The summed E-state index contributed by atoms with van der Waals surface area (Å²) in [5.74, 6) is 0.374. The first-order valence-corrected chi connectivity index (χ1v) is 6.87. The van der Waals surface area contributed by atoms with Gasteiger partial charge in [-0.25, -0.2) is 4.98 Å². The second-order valence-corrected chi connectivity index (χ2v) is 4.78. The SMILES string of the molecule is CCOC(C)c1ccc(-c2cc3nncn3c(N)n2)cc1.